The zero-order chi connectivity index (χ0) is 20.8. The molecule has 0 spiro atoms. The number of thioether (sulfide) groups is 1. The van der Waals surface area contributed by atoms with Gasteiger partial charge in [-0.2, -0.15) is 0 Å². The average molecular weight is 437 g/mol. The maximum atomic E-state index is 12.5. The Balaban J connectivity index is 1.35. The first kappa shape index (κ1) is 21.6. The van der Waals surface area contributed by atoms with Gasteiger partial charge in [0.05, 0.1) is 17.1 Å². The van der Waals surface area contributed by atoms with Crippen molar-refractivity contribution >= 4 is 52.2 Å². The number of hydrogen-bond acceptors (Lipinski definition) is 6. The van der Waals surface area contributed by atoms with Crippen molar-refractivity contribution in [3.05, 3.63) is 29.1 Å². The van der Waals surface area contributed by atoms with Crippen LogP contribution in [0.25, 0.3) is 6.08 Å². The molecule has 29 heavy (non-hydrogen) atoms. The molecule has 0 aromatic carbocycles. The second kappa shape index (κ2) is 10.1. The predicted octanol–water partition coefficient (Wildman–Crippen LogP) is 3.36. The van der Waals surface area contributed by atoms with Crippen molar-refractivity contribution in [1.29, 1.82) is 0 Å². The molecule has 0 unspecified atom stereocenters. The molecule has 1 aromatic heterocycles. The highest BCUT2D eigenvalue weighted by atomic mass is 32.2. The van der Waals surface area contributed by atoms with Crippen molar-refractivity contribution < 1.29 is 23.9 Å². The lowest BCUT2D eigenvalue weighted by atomic mass is 9.97. The number of nitrogens with zero attached hydrogens (tertiary/aromatic N) is 2. The zero-order valence-electron chi connectivity index (χ0n) is 16.0. The van der Waals surface area contributed by atoms with E-state index >= 15 is 0 Å². The first-order valence-electron chi connectivity index (χ1n) is 9.75. The Labute approximate surface area is 179 Å². The van der Waals surface area contributed by atoms with Gasteiger partial charge in [-0.25, -0.2) is 0 Å². The number of rotatable bonds is 8. The van der Waals surface area contributed by atoms with Gasteiger partial charge in [-0.1, -0.05) is 30.4 Å². The Bertz CT molecular complexity index is 798. The molecule has 0 bridgehead atoms. The highest BCUT2D eigenvalue weighted by molar-refractivity contribution is 8.26. The molecule has 0 saturated carbocycles. The van der Waals surface area contributed by atoms with E-state index in [1.807, 2.05) is 0 Å². The first-order valence-corrected chi connectivity index (χ1v) is 11.0. The summed E-state index contributed by atoms with van der Waals surface area (Å²) >= 11 is 6.59. The van der Waals surface area contributed by atoms with Gasteiger partial charge in [-0.3, -0.25) is 19.3 Å². The van der Waals surface area contributed by atoms with Gasteiger partial charge in [-0.15, -0.1) is 0 Å². The SMILES string of the molecule is O=C(O)C1CCN(C(=O)CCCCCN2C(=O)C(=Cc3ccco3)SC2=S)CC1. The molecular weight excluding hydrogens is 412 g/mol. The number of unbranched alkanes of at least 4 members (excludes halogenated alkanes) is 2. The zero-order valence-corrected chi connectivity index (χ0v) is 17.7. The second-order valence-corrected chi connectivity index (χ2v) is 8.83. The Morgan fingerprint density at radius 3 is 2.69 bits per heavy atom. The summed E-state index contributed by atoms with van der Waals surface area (Å²) in [5.41, 5.74) is 0. The maximum absolute atomic E-state index is 12.5. The summed E-state index contributed by atoms with van der Waals surface area (Å²) in [6, 6.07) is 3.55. The summed E-state index contributed by atoms with van der Waals surface area (Å²) in [6.07, 6.45) is 7.11. The van der Waals surface area contributed by atoms with Gasteiger partial charge in [0.25, 0.3) is 5.91 Å². The second-order valence-electron chi connectivity index (χ2n) is 7.15. The molecule has 2 saturated heterocycles. The van der Waals surface area contributed by atoms with E-state index in [4.69, 9.17) is 21.7 Å². The van der Waals surface area contributed by atoms with Crippen LogP contribution in [0, 0.1) is 5.92 Å². The third kappa shape index (κ3) is 5.70. The van der Waals surface area contributed by atoms with Gasteiger partial charge < -0.3 is 14.4 Å². The third-order valence-corrected chi connectivity index (χ3v) is 6.54. The van der Waals surface area contributed by atoms with Crippen LogP contribution in [0.3, 0.4) is 0 Å². The van der Waals surface area contributed by atoms with Gasteiger partial charge in [0, 0.05) is 32.1 Å². The number of carbonyl (C=O) groups excluding carboxylic acids is 2. The lowest BCUT2D eigenvalue weighted by Crippen LogP contribution is -2.40. The summed E-state index contributed by atoms with van der Waals surface area (Å²) in [7, 11) is 0. The highest BCUT2D eigenvalue weighted by Crippen LogP contribution is 2.32. The number of carboxylic acid groups (broad SMARTS) is 1. The van der Waals surface area contributed by atoms with Crippen LogP contribution in [0.1, 0.15) is 44.3 Å². The predicted molar refractivity (Wildman–Crippen MR) is 114 cm³/mol. The monoisotopic (exact) mass is 436 g/mol. The third-order valence-electron chi connectivity index (χ3n) is 5.16. The Hall–Kier alpha value is -2.13. The Morgan fingerprint density at radius 2 is 2.03 bits per heavy atom. The lowest BCUT2D eigenvalue weighted by Gasteiger charge is -2.30. The fourth-order valence-corrected chi connectivity index (χ4v) is 4.74. The van der Waals surface area contributed by atoms with Crippen LogP contribution in [-0.2, 0) is 14.4 Å². The smallest absolute Gasteiger partial charge is 0.306 e. The molecule has 0 radical (unpaired) electrons. The van der Waals surface area contributed by atoms with Crippen LogP contribution in [0.2, 0.25) is 0 Å². The molecule has 7 nitrogen and oxygen atoms in total. The van der Waals surface area contributed by atoms with E-state index in [0.29, 0.717) is 53.9 Å². The molecule has 3 heterocycles. The van der Waals surface area contributed by atoms with E-state index in [1.165, 1.54) is 11.8 Å². The Kier molecular flexibility index (Phi) is 7.49. The fraction of sp³-hybridized carbons (Fsp3) is 0.500. The fourth-order valence-electron chi connectivity index (χ4n) is 3.45. The minimum atomic E-state index is -0.771. The van der Waals surface area contributed by atoms with E-state index in [0.717, 1.165) is 19.3 Å². The molecule has 2 aliphatic rings. The van der Waals surface area contributed by atoms with Gasteiger partial charge in [-0.05, 0) is 37.8 Å². The van der Waals surface area contributed by atoms with Crippen molar-refractivity contribution in [2.45, 2.75) is 38.5 Å². The van der Waals surface area contributed by atoms with E-state index in [9.17, 15) is 14.4 Å². The molecule has 0 aliphatic carbocycles. The normalized spacial score (nSPS) is 19.4. The van der Waals surface area contributed by atoms with Crippen LogP contribution in [0.4, 0.5) is 0 Å². The van der Waals surface area contributed by atoms with Gasteiger partial charge >= 0.3 is 5.97 Å². The molecule has 2 amide bonds. The van der Waals surface area contributed by atoms with E-state index < -0.39 is 5.97 Å². The number of hydrogen-bond donors (Lipinski definition) is 1. The number of aliphatic carboxylic acids is 1. The summed E-state index contributed by atoms with van der Waals surface area (Å²) in [5.74, 6) is -0.497. The molecule has 1 N–H and O–H groups in total. The summed E-state index contributed by atoms with van der Waals surface area (Å²) in [6.45, 7) is 1.58. The van der Waals surface area contributed by atoms with Crippen LogP contribution in [0.5, 0.6) is 0 Å². The maximum Gasteiger partial charge on any atom is 0.306 e. The molecule has 3 rings (SSSR count). The highest BCUT2D eigenvalue weighted by Gasteiger charge is 2.31. The van der Waals surface area contributed by atoms with E-state index in [-0.39, 0.29) is 17.7 Å². The quantitative estimate of drug-likeness (QED) is 0.379. The number of thiocarbonyl (C=S) groups is 1. The summed E-state index contributed by atoms with van der Waals surface area (Å²) in [4.78, 5) is 39.7. The van der Waals surface area contributed by atoms with Crippen molar-refractivity contribution in [3.8, 4) is 0 Å². The molecule has 2 fully saturated rings. The molecule has 2 aliphatic heterocycles. The number of furan rings is 1. The van der Waals surface area contributed by atoms with Crippen molar-refractivity contribution in [3.63, 3.8) is 0 Å². The number of carboxylic acids is 1. The van der Waals surface area contributed by atoms with Gasteiger partial charge in [0.15, 0.2) is 0 Å². The number of carbonyl (C=O) groups is 3. The molecule has 156 valence electrons. The number of likely N-dealkylation sites (tertiary alicyclic amines) is 1. The van der Waals surface area contributed by atoms with Crippen LogP contribution in [0.15, 0.2) is 27.7 Å². The van der Waals surface area contributed by atoms with Crippen molar-refractivity contribution in [2.75, 3.05) is 19.6 Å². The van der Waals surface area contributed by atoms with Crippen LogP contribution in [-0.4, -0.2) is 56.6 Å². The summed E-state index contributed by atoms with van der Waals surface area (Å²) in [5, 5.41) is 9.02. The first-order chi connectivity index (χ1) is 14.0. The molecular formula is C20H24N2O5S2. The topological polar surface area (TPSA) is 91.1 Å². The largest absolute Gasteiger partial charge is 0.481 e. The molecule has 9 heteroatoms. The number of piperidine rings is 1. The van der Waals surface area contributed by atoms with Gasteiger partial charge in [0.2, 0.25) is 5.91 Å². The minimum Gasteiger partial charge on any atom is -0.481 e. The van der Waals surface area contributed by atoms with Gasteiger partial charge in [0.1, 0.15) is 10.1 Å². The van der Waals surface area contributed by atoms with Crippen LogP contribution < -0.4 is 0 Å². The number of amides is 2. The van der Waals surface area contributed by atoms with E-state index in [2.05, 4.69) is 0 Å². The standard InChI is InChI=1S/C20H24N2O5S2/c23-17(21-10-7-14(8-11-21)19(25)26)6-2-1-3-9-22-18(24)16(29-20(22)28)13-15-5-4-12-27-15/h4-5,12-14H,1-3,6-11H2,(H,25,26). The van der Waals surface area contributed by atoms with Crippen molar-refractivity contribution in [1.82, 2.24) is 9.80 Å². The minimum absolute atomic E-state index is 0.0841. The Morgan fingerprint density at radius 1 is 1.28 bits per heavy atom. The van der Waals surface area contributed by atoms with E-state index in [1.54, 1.807) is 34.3 Å². The molecule has 1 aromatic rings. The average Bonchev–Trinajstić information content (AvgIpc) is 3.31. The lowest BCUT2D eigenvalue weighted by molar-refractivity contribution is -0.145. The van der Waals surface area contributed by atoms with Crippen LogP contribution >= 0.6 is 24.0 Å². The summed E-state index contributed by atoms with van der Waals surface area (Å²) < 4.78 is 5.80. The van der Waals surface area contributed by atoms with Crippen molar-refractivity contribution in [2.24, 2.45) is 5.92 Å². The molecule has 0 atom stereocenters.